The molecule has 0 radical (unpaired) electrons. The van der Waals surface area contributed by atoms with Crippen LogP contribution in [0.3, 0.4) is 0 Å². The highest BCUT2D eigenvalue weighted by Gasteiger charge is 2.14. The van der Waals surface area contributed by atoms with Crippen molar-refractivity contribution in [2.45, 2.75) is 13.8 Å². The number of hydrogen-bond acceptors (Lipinski definition) is 2. The monoisotopic (exact) mass is 265 g/mol. The van der Waals surface area contributed by atoms with Crippen LogP contribution in [0.2, 0.25) is 0 Å². The molecule has 0 bridgehead atoms. The smallest absolute Gasteiger partial charge is 0.291 e. The molecule has 0 saturated heterocycles. The Hall–Kier alpha value is -2.55. The van der Waals surface area contributed by atoms with Gasteiger partial charge in [0.2, 0.25) is 0 Å². The summed E-state index contributed by atoms with van der Waals surface area (Å²) in [6, 6.07) is 15.3. The molecule has 0 fully saturated rings. The summed E-state index contributed by atoms with van der Waals surface area (Å²) in [4.78, 5) is 12.3. The van der Waals surface area contributed by atoms with Crippen molar-refractivity contribution in [1.29, 1.82) is 0 Å². The zero-order valence-corrected chi connectivity index (χ0v) is 11.4. The van der Waals surface area contributed by atoms with E-state index in [0.29, 0.717) is 5.76 Å². The number of carbonyl (C=O) groups is 1. The van der Waals surface area contributed by atoms with Crippen LogP contribution in [-0.4, -0.2) is 5.91 Å². The minimum Gasteiger partial charge on any atom is -0.451 e. The summed E-state index contributed by atoms with van der Waals surface area (Å²) in [6.07, 6.45) is 0. The summed E-state index contributed by atoms with van der Waals surface area (Å²) in [5, 5.41) is 3.85. The first kappa shape index (κ1) is 12.5. The van der Waals surface area contributed by atoms with E-state index in [1.807, 2.05) is 56.3 Å². The van der Waals surface area contributed by atoms with Crippen LogP contribution in [0.1, 0.15) is 21.7 Å². The first-order valence-electron chi connectivity index (χ1n) is 6.51. The van der Waals surface area contributed by atoms with E-state index in [-0.39, 0.29) is 5.91 Å². The predicted octanol–water partition coefficient (Wildman–Crippen LogP) is 4.30. The van der Waals surface area contributed by atoms with Crippen molar-refractivity contribution < 1.29 is 9.21 Å². The van der Waals surface area contributed by atoms with Gasteiger partial charge in [-0.1, -0.05) is 36.4 Å². The Balaban J connectivity index is 1.93. The largest absolute Gasteiger partial charge is 0.451 e. The number of anilines is 1. The first-order chi connectivity index (χ1) is 9.65. The van der Waals surface area contributed by atoms with E-state index in [4.69, 9.17) is 4.42 Å². The molecule has 3 rings (SSSR count). The fraction of sp³-hybridized carbons (Fsp3) is 0.118. The molecule has 3 heteroatoms. The summed E-state index contributed by atoms with van der Waals surface area (Å²) >= 11 is 0. The maximum Gasteiger partial charge on any atom is 0.291 e. The van der Waals surface area contributed by atoms with Gasteiger partial charge in [0.15, 0.2) is 5.76 Å². The molecule has 1 heterocycles. The molecular weight excluding hydrogens is 250 g/mol. The van der Waals surface area contributed by atoms with Gasteiger partial charge in [0.05, 0.1) is 0 Å². The lowest BCUT2D eigenvalue weighted by molar-refractivity contribution is 0.0998. The SMILES string of the molecule is Cc1cccc(C)c1NC(=O)c1cc2ccccc2o1. The lowest BCUT2D eigenvalue weighted by Gasteiger charge is -2.09. The van der Waals surface area contributed by atoms with Gasteiger partial charge >= 0.3 is 0 Å². The van der Waals surface area contributed by atoms with Gasteiger partial charge < -0.3 is 9.73 Å². The number of benzene rings is 2. The normalized spacial score (nSPS) is 10.7. The molecule has 0 saturated carbocycles. The van der Waals surface area contributed by atoms with E-state index >= 15 is 0 Å². The highest BCUT2D eigenvalue weighted by Crippen LogP contribution is 2.23. The Bertz CT molecular complexity index is 733. The molecule has 0 spiro atoms. The third-order valence-electron chi connectivity index (χ3n) is 3.37. The molecule has 20 heavy (non-hydrogen) atoms. The van der Waals surface area contributed by atoms with Crippen LogP contribution in [0.15, 0.2) is 52.9 Å². The van der Waals surface area contributed by atoms with Crippen molar-refractivity contribution in [3.63, 3.8) is 0 Å². The molecule has 1 aromatic heterocycles. The molecule has 0 aliphatic carbocycles. The number of hydrogen-bond donors (Lipinski definition) is 1. The topological polar surface area (TPSA) is 42.2 Å². The third kappa shape index (κ3) is 2.18. The average Bonchev–Trinajstić information content (AvgIpc) is 2.87. The van der Waals surface area contributed by atoms with E-state index in [1.165, 1.54) is 0 Å². The second-order valence-corrected chi connectivity index (χ2v) is 4.87. The zero-order valence-electron chi connectivity index (χ0n) is 11.4. The lowest BCUT2D eigenvalue weighted by atomic mass is 10.1. The maximum absolute atomic E-state index is 12.3. The van der Waals surface area contributed by atoms with Crippen molar-refractivity contribution in [2.24, 2.45) is 0 Å². The Morgan fingerprint density at radius 2 is 1.70 bits per heavy atom. The minimum absolute atomic E-state index is 0.224. The van der Waals surface area contributed by atoms with Crippen LogP contribution in [0, 0.1) is 13.8 Å². The van der Waals surface area contributed by atoms with Crippen LogP contribution in [0.5, 0.6) is 0 Å². The number of amides is 1. The molecule has 0 aliphatic rings. The molecule has 0 aliphatic heterocycles. The van der Waals surface area contributed by atoms with Gasteiger partial charge in [-0.15, -0.1) is 0 Å². The van der Waals surface area contributed by atoms with Gasteiger partial charge in [-0.25, -0.2) is 0 Å². The number of carbonyl (C=O) groups excluding carboxylic acids is 1. The van der Waals surface area contributed by atoms with E-state index in [9.17, 15) is 4.79 Å². The van der Waals surface area contributed by atoms with Crippen LogP contribution >= 0.6 is 0 Å². The van der Waals surface area contributed by atoms with Crippen LogP contribution in [0.25, 0.3) is 11.0 Å². The molecule has 0 atom stereocenters. The van der Waals surface area contributed by atoms with Crippen molar-refractivity contribution in [3.8, 4) is 0 Å². The number of nitrogens with one attached hydrogen (secondary N) is 1. The van der Waals surface area contributed by atoms with Gasteiger partial charge in [-0.2, -0.15) is 0 Å². The molecule has 3 aromatic rings. The second-order valence-electron chi connectivity index (χ2n) is 4.87. The maximum atomic E-state index is 12.3. The van der Waals surface area contributed by atoms with Crippen LogP contribution in [-0.2, 0) is 0 Å². The fourth-order valence-corrected chi connectivity index (χ4v) is 2.28. The second kappa shape index (κ2) is 4.85. The summed E-state index contributed by atoms with van der Waals surface area (Å²) in [7, 11) is 0. The number of furan rings is 1. The standard InChI is InChI=1S/C17H15NO2/c1-11-6-5-7-12(2)16(11)18-17(19)15-10-13-8-3-4-9-14(13)20-15/h3-10H,1-2H3,(H,18,19). The Morgan fingerprint density at radius 3 is 2.40 bits per heavy atom. The zero-order chi connectivity index (χ0) is 14.1. The van der Waals surface area contributed by atoms with Gasteiger partial charge in [0.25, 0.3) is 5.91 Å². The lowest BCUT2D eigenvalue weighted by Crippen LogP contribution is -2.12. The third-order valence-corrected chi connectivity index (χ3v) is 3.37. The van der Waals surface area contributed by atoms with Crippen molar-refractivity contribution in [3.05, 3.63) is 65.4 Å². The summed E-state index contributed by atoms with van der Waals surface area (Å²) in [5.74, 6) is 0.104. The Kier molecular flexibility index (Phi) is 3.03. The van der Waals surface area contributed by atoms with Crippen LogP contribution < -0.4 is 5.32 Å². The molecule has 1 N–H and O–H groups in total. The molecule has 3 nitrogen and oxygen atoms in total. The number of aryl methyl sites for hydroxylation is 2. The fourth-order valence-electron chi connectivity index (χ4n) is 2.28. The molecule has 0 unspecified atom stereocenters. The molecule has 100 valence electrons. The van der Waals surface area contributed by atoms with Crippen LogP contribution in [0.4, 0.5) is 5.69 Å². The highest BCUT2D eigenvalue weighted by atomic mass is 16.3. The van der Waals surface area contributed by atoms with Gasteiger partial charge in [0.1, 0.15) is 5.58 Å². The van der Waals surface area contributed by atoms with Gasteiger partial charge in [0, 0.05) is 11.1 Å². The van der Waals surface area contributed by atoms with E-state index in [0.717, 1.165) is 27.8 Å². The quantitative estimate of drug-likeness (QED) is 0.750. The van der Waals surface area contributed by atoms with Crippen molar-refractivity contribution in [2.75, 3.05) is 5.32 Å². The first-order valence-corrected chi connectivity index (χ1v) is 6.51. The van der Waals surface area contributed by atoms with Gasteiger partial charge in [-0.05, 0) is 37.1 Å². The van der Waals surface area contributed by atoms with E-state index in [2.05, 4.69) is 5.32 Å². The van der Waals surface area contributed by atoms with Gasteiger partial charge in [-0.3, -0.25) is 4.79 Å². The summed E-state index contributed by atoms with van der Waals surface area (Å²) < 4.78 is 5.57. The van der Waals surface area contributed by atoms with Crippen molar-refractivity contribution in [1.82, 2.24) is 0 Å². The highest BCUT2D eigenvalue weighted by molar-refractivity contribution is 6.05. The molecule has 1 amide bonds. The number of fused-ring (bicyclic) bond motifs is 1. The average molecular weight is 265 g/mol. The molecule has 2 aromatic carbocycles. The van der Waals surface area contributed by atoms with E-state index in [1.54, 1.807) is 6.07 Å². The number of rotatable bonds is 2. The summed E-state index contributed by atoms with van der Waals surface area (Å²) in [5.41, 5.74) is 3.64. The van der Waals surface area contributed by atoms with Crippen molar-refractivity contribution >= 4 is 22.6 Å². The predicted molar refractivity (Wildman–Crippen MR) is 80.1 cm³/mol. The van der Waals surface area contributed by atoms with E-state index < -0.39 is 0 Å². The Labute approximate surface area is 117 Å². The minimum atomic E-state index is -0.224. The molecular formula is C17H15NO2. The Morgan fingerprint density at radius 1 is 1.00 bits per heavy atom. The number of para-hydroxylation sites is 2. The summed E-state index contributed by atoms with van der Waals surface area (Å²) in [6.45, 7) is 3.95.